The third kappa shape index (κ3) is 3.13. The Morgan fingerprint density at radius 2 is 2.33 bits per heavy atom. The van der Waals surface area contributed by atoms with E-state index < -0.39 is 5.97 Å². The second-order valence-electron chi connectivity index (χ2n) is 2.63. The van der Waals surface area contributed by atoms with Crippen LogP contribution in [-0.2, 0) is 4.74 Å². The largest absolute Gasteiger partial charge is 0.480 e. The molecular formula is C11H9IO3. The molecule has 78 valence electrons. The van der Waals surface area contributed by atoms with Gasteiger partial charge in [0.15, 0.2) is 0 Å². The van der Waals surface area contributed by atoms with Crippen molar-refractivity contribution in [1.29, 1.82) is 0 Å². The van der Waals surface area contributed by atoms with Crippen LogP contribution in [0.25, 0.3) is 0 Å². The molecular weight excluding hydrogens is 307 g/mol. The van der Waals surface area contributed by atoms with Crippen LogP contribution in [0.2, 0.25) is 0 Å². The molecule has 1 aromatic rings. The third-order valence-corrected chi connectivity index (χ3v) is 2.55. The van der Waals surface area contributed by atoms with Crippen LogP contribution in [0.3, 0.4) is 0 Å². The molecule has 0 fully saturated rings. The molecule has 1 rings (SSSR count). The Morgan fingerprint density at radius 3 is 2.93 bits per heavy atom. The van der Waals surface area contributed by atoms with E-state index >= 15 is 0 Å². The fourth-order valence-corrected chi connectivity index (χ4v) is 1.47. The lowest BCUT2D eigenvalue weighted by atomic mass is 10.2. The summed E-state index contributed by atoms with van der Waals surface area (Å²) in [5.74, 6) is 2.57. The summed E-state index contributed by atoms with van der Waals surface area (Å²) in [4.78, 5) is 11.2. The molecule has 0 amide bonds. The highest BCUT2D eigenvalue weighted by Gasteiger charge is 2.08. The van der Waals surface area contributed by atoms with Crippen molar-refractivity contribution in [2.75, 3.05) is 13.7 Å². The van der Waals surface area contributed by atoms with E-state index in [1.807, 2.05) is 0 Å². The number of esters is 1. The third-order valence-electron chi connectivity index (χ3n) is 1.66. The van der Waals surface area contributed by atoms with Crippen LogP contribution < -0.4 is 4.74 Å². The lowest BCUT2D eigenvalue weighted by molar-refractivity contribution is 0.0600. The van der Waals surface area contributed by atoms with Crippen molar-refractivity contribution >= 4 is 28.6 Å². The number of ether oxygens (including phenoxy) is 2. The number of benzene rings is 1. The zero-order chi connectivity index (χ0) is 11.3. The first-order valence-electron chi connectivity index (χ1n) is 4.13. The van der Waals surface area contributed by atoms with Gasteiger partial charge in [-0.2, -0.15) is 0 Å². The fourth-order valence-electron chi connectivity index (χ4n) is 0.978. The predicted octanol–water partition coefficient (Wildman–Crippen LogP) is 2.09. The molecule has 0 aliphatic carbocycles. The lowest BCUT2D eigenvalue weighted by Crippen LogP contribution is -2.03. The molecule has 0 N–H and O–H groups in total. The summed E-state index contributed by atoms with van der Waals surface area (Å²) in [5, 5.41) is 0. The Kier molecular flexibility index (Phi) is 4.43. The highest BCUT2D eigenvalue weighted by atomic mass is 127. The number of rotatable bonds is 3. The van der Waals surface area contributed by atoms with E-state index in [9.17, 15) is 4.79 Å². The first kappa shape index (κ1) is 11.9. The topological polar surface area (TPSA) is 35.5 Å². The minimum atomic E-state index is -0.392. The molecule has 0 unspecified atom stereocenters. The van der Waals surface area contributed by atoms with Crippen molar-refractivity contribution in [3.8, 4) is 18.1 Å². The Balaban J connectivity index is 2.95. The van der Waals surface area contributed by atoms with Crippen molar-refractivity contribution in [3.63, 3.8) is 0 Å². The monoisotopic (exact) mass is 316 g/mol. The van der Waals surface area contributed by atoms with Gasteiger partial charge in [0.2, 0.25) is 0 Å². The van der Waals surface area contributed by atoms with Gasteiger partial charge in [-0.25, -0.2) is 4.79 Å². The predicted molar refractivity (Wildman–Crippen MR) is 64.8 cm³/mol. The van der Waals surface area contributed by atoms with Crippen LogP contribution in [0.4, 0.5) is 0 Å². The van der Waals surface area contributed by atoms with Crippen LogP contribution in [0.1, 0.15) is 10.4 Å². The number of carbonyl (C=O) groups is 1. The molecule has 0 aromatic heterocycles. The van der Waals surface area contributed by atoms with Gasteiger partial charge in [0, 0.05) is 0 Å². The minimum Gasteiger partial charge on any atom is -0.480 e. The molecule has 0 heterocycles. The second kappa shape index (κ2) is 5.61. The summed E-state index contributed by atoms with van der Waals surface area (Å²) in [5.41, 5.74) is 0.449. The van der Waals surface area contributed by atoms with Gasteiger partial charge in [0.1, 0.15) is 12.4 Å². The van der Waals surface area contributed by atoms with Gasteiger partial charge in [-0.05, 0) is 40.8 Å². The van der Waals surface area contributed by atoms with E-state index in [0.29, 0.717) is 11.3 Å². The maximum atomic E-state index is 11.2. The van der Waals surface area contributed by atoms with Crippen molar-refractivity contribution in [3.05, 3.63) is 27.3 Å². The Labute approximate surface area is 102 Å². The number of hydrogen-bond donors (Lipinski definition) is 0. The highest BCUT2D eigenvalue weighted by molar-refractivity contribution is 14.1. The van der Waals surface area contributed by atoms with Gasteiger partial charge in [0.05, 0.1) is 16.2 Å². The zero-order valence-corrected chi connectivity index (χ0v) is 10.3. The molecule has 0 aliphatic heterocycles. The van der Waals surface area contributed by atoms with Crippen LogP contribution in [-0.4, -0.2) is 19.7 Å². The van der Waals surface area contributed by atoms with Gasteiger partial charge in [-0.1, -0.05) is 5.92 Å². The van der Waals surface area contributed by atoms with Gasteiger partial charge in [-0.15, -0.1) is 6.42 Å². The Hall–Kier alpha value is -1.22. The molecule has 0 spiro atoms. The standard InChI is InChI=1S/C11H9IO3/c1-3-6-15-10-7-8(11(13)14-2)4-5-9(10)12/h1,4-5,7H,6H2,2H3. The first-order valence-corrected chi connectivity index (χ1v) is 5.21. The molecule has 3 nitrogen and oxygen atoms in total. The van der Waals surface area contributed by atoms with Crippen LogP contribution in [0.5, 0.6) is 5.75 Å². The van der Waals surface area contributed by atoms with Crippen LogP contribution >= 0.6 is 22.6 Å². The molecule has 0 radical (unpaired) electrons. The smallest absolute Gasteiger partial charge is 0.337 e. The quantitative estimate of drug-likeness (QED) is 0.487. The zero-order valence-electron chi connectivity index (χ0n) is 8.12. The maximum Gasteiger partial charge on any atom is 0.337 e. The normalized spacial score (nSPS) is 9.13. The molecule has 0 aliphatic rings. The van der Waals surface area contributed by atoms with Crippen LogP contribution in [0, 0.1) is 15.9 Å². The summed E-state index contributed by atoms with van der Waals surface area (Å²) >= 11 is 2.11. The maximum absolute atomic E-state index is 11.2. The Bertz CT molecular complexity index is 407. The number of methoxy groups -OCH3 is 1. The number of carbonyl (C=O) groups excluding carboxylic acids is 1. The van der Waals surface area contributed by atoms with Gasteiger partial charge in [-0.3, -0.25) is 0 Å². The van der Waals surface area contributed by atoms with Gasteiger partial charge in [0.25, 0.3) is 0 Å². The van der Waals surface area contributed by atoms with E-state index in [2.05, 4.69) is 33.2 Å². The summed E-state index contributed by atoms with van der Waals surface area (Å²) in [6, 6.07) is 5.07. The van der Waals surface area contributed by atoms with Gasteiger partial charge >= 0.3 is 5.97 Å². The number of halogens is 1. The lowest BCUT2D eigenvalue weighted by Gasteiger charge is -2.06. The molecule has 0 saturated heterocycles. The minimum absolute atomic E-state index is 0.181. The molecule has 0 atom stereocenters. The van der Waals surface area contributed by atoms with E-state index in [0.717, 1.165) is 3.57 Å². The van der Waals surface area contributed by atoms with Crippen molar-refractivity contribution in [1.82, 2.24) is 0 Å². The number of terminal acetylenes is 1. The fraction of sp³-hybridized carbons (Fsp3) is 0.182. The van der Waals surface area contributed by atoms with E-state index in [4.69, 9.17) is 11.2 Å². The average molecular weight is 316 g/mol. The second-order valence-corrected chi connectivity index (χ2v) is 3.79. The average Bonchev–Trinajstić information content (AvgIpc) is 2.27. The van der Waals surface area contributed by atoms with Crippen molar-refractivity contribution in [2.45, 2.75) is 0 Å². The summed E-state index contributed by atoms with van der Waals surface area (Å²) in [6.45, 7) is 0.181. The molecule has 0 saturated carbocycles. The van der Waals surface area contributed by atoms with E-state index in [-0.39, 0.29) is 6.61 Å². The molecule has 15 heavy (non-hydrogen) atoms. The summed E-state index contributed by atoms with van der Waals surface area (Å²) < 4.78 is 10.8. The first-order chi connectivity index (χ1) is 7.19. The van der Waals surface area contributed by atoms with E-state index in [1.165, 1.54) is 7.11 Å². The van der Waals surface area contributed by atoms with Gasteiger partial charge < -0.3 is 9.47 Å². The van der Waals surface area contributed by atoms with Crippen LogP contribution in [0.15, 0.2) is 18.2 Å². The molecule has 4 heteroatoms. The molecule has 1 aromatic carbocycles. The Morgan fingerprint density at radius 1 is 1.60 bits per heavy atom. The molecule has 0 bridgehead atoms. The van der Waals surface area contributed by atoms with Crippen molar-refractivity contribution in [2.24, 2.45) is 0 Å². The SMILES string of the molecule is C#CCOc1cc(C(=O)OC)ccc1I. The van der Waals surface area contributed by atoms with Crippen molar-refractivity contribution < 1.29 is 14.3 Å². The summed E-state index contributed by atoms with van der Waals surface area (Å²) in [7, 11) is 1.34. The summed E-state index contributed by atoms with van der Waals surface area (Å²) in [6.07, 6.45) is 5.08. The number of hydrogen-bond acceptors (Lipinski definition) is 3. The highest BCUT2D eigenvalue weighted by Crippen LogP contribution is 2.22. The van der Waals surface area contributed by atoms with E-state index in [1.54, 1.807) is 18.2 Å².